The van der Waals surface area contributed by atoms with E-state index in [-0.39, 0.29) is 19.2 Å². The second kappa shape index (κ2) is 6.07. The van der Waals surface area contributed by atoms with E-state index < -0.39 is 6.09 Å². The molecule has 0 atom stereocenters. The number of nitrogens with one attached hydrogen (secondary N) is 1. The fourth-order valence-electron chi connectivity index (χ4n) is 1.08. The highest BCUT2D eigenvalue weighted by atomic mass is 19.1. The molecule has 0 spiro atoms. The predicted octanol–water partition coefficient (Wildman–Crippen LogP) is 1.96. The summed E-state index contributed by atoms with van der Waals surface area (Å²) in [5.41, 5.74) is 1.25. The maximum Gasteiger partial charge on any atom is 0.409 e. The molecule has 1 rings (SSSR count). The first-order valence-corrected chi connectivity index (χ1v) is 4.78. The monoisotopic (exact) mass is 227 g/mol. The number of rotatable bonds is 4. The largest absolute Gasteiger partial charge is 0.422 e. The van der Waals surface area contributed by atoms with Gasteiger partial charge in [-0.3, -0.25) is 0 Å². The van der Waals surface area contributed by atoms with Crippen molar-refractivity contribution in [1.82, 2.24) is 5.32 Å². The smallest absolute Gasteiger partial charge is 0.409 e. The Kier molecular flexibility index (Phi) is 4.72. The predicted molar refractivity (Wildman–Crippen MR) is 56.3 cm³/mol. The molecule has 0 bridgehead atoms. The average Bonchev–Trinajstić information content (AvgIpc) is 2.28. The van der Waals surface area contributed by atoms with Crippen molar-refractivity contribution in [1.29, 1.82) is 0 Å². The Morgan fingerprint density at radius 1 is 1.50 bits per heavy atom. The third-order valence-electron chi connectivity index (χ3n) is 1.98. The summed E-state index contributed by atoms with van der Waals surface area (Å²) in [7, 11) is 1.42. The molecule has 0 radical (unpaired) electrons. The summed E-state index contributed by atoms with van der Waals surface area (Å²) in [6.07, 6.45) is -0.595. The summed E-state index contributed by atoms with van der Waals surface area (Å²) in [4.78, 5) is 11.0. The molecule has 88 valence electrons. The van der Waals surface area contributed by atoms with Crippen LogP contribution in [0.2, 0.25) is 0 Å². The summed E-state index contributed by atoms with van der Waals surface area (Å²) in [6, 6.07) is 4.79. The summed E-state index contributed by atoms with van der Waals surface area (Å²) < 4.78 is 22.3. The van der Waals surface area contributed by atoms with Crippen LogP contribution in [0.4, 0.5) is 9.18 Å². The minimum Gasteiger partial charge on any atom is -0.422 e. The molecule has 1 aromatic carbocycles. The first-order valence-electron chi connectivity index (χ1n) is 4.78. The van der Waals surface area contributed by atoms with Crippen molar-refractivity contribution >= 4 is 6.09 Å². The van der Waals surface area contributed by atoms with E-state index in [9.17, 15) is 9.18 Å². The maximum atomic E-state index is 13.1. The molecule has 0 fully saturated rings. The molecule has 1 N–H and O–H groups in total. The van der Waals surface area contributed by atoms with Crippen molar-refractivity contribution in [3.8, 4) is 0 Å². The molecule has 16 heavy (non-hydrogen) atoms. The Morgan fingerprint density at radius 2 is 2.25 bits per heavy atom. The normalized spacial score (nSPS) is 9.94. The molecule has 5 heteroatoms. The fraction of sp³-hybridized carbons (Fsp3) is 0.364. The highest BCUT2D eigenvalue weighted by Crippen LogP contribution is 2.08. The Balaban J connectivity index is 2.42. The van der Waals surface area contributed by atoms with E-state index in [2.05, 4.69) is 14.8 Å². The lowest BCUT2D eigenvalue weighted by Crippen LogP contribution is -2.24. The molecule has 1 aromatic rings. The van der Waals surface area contributed by atoms with Crippen molar-refractivity contribution in [2.45, 2.75) is 13.5 Å². The molecule has 0 unspecified atom stereocenters. The topological polar surface area (TPSA) is 47.6 Å². The number of alkyl carbamates (subject to hydrolysis) is 1. The molecular formula is C11H14FNO3. The van der Waals surface area contributed by atoms with Gasteiger partial charge in [0, 0.05) is 13.7 Å². The van der Waals surface area contributed by atoms with Gasteiger partial charge in [-0.05, 0) is 24.1 Å². The van der Waals surface area contributed by atoms with Crippen LogP contribution < -0.4 is 5.32 Å². The van der Waals surface area contributed by atoms with Gasteiger partial charge < -0.3 is 14.8 Å². The van der Waals surface area contributed by atoms with Crippen LogP contribution in [0.3, 0.4) is 0 Å². The van der Waals surface area contributed by atoms with Gasteiger partial charge in [0.25, 0.3) is 0 Å². The first kappa shape index (κ1) is 12.4. The zero-order chi connectivity index (χ0) is 12.0. The second-order valence-corrected chi connectivity index (χ2v) is 3.28. The summed E-state index contributed by atoms with van der Waals surface area (Å²) in [5.74, 6) is -0.287. The van der Waals surface area contributed by atoms with Gasteiger partial charge in [0.2, 0.25) is 0 Å². The summed E-state index contributed by atoms with van der Waals surface area (Å²) >= 11 is 0. The molecule has 0 saturated heterocycles. The Bertz CT molecular complexity index is 368. The average molecular weight is 227 g/mol. The van der Waals surface area contributed by atoms with Crippen molar-refractivity contribution in [3.05, 3.63) is 35.1 Å². The third-order valence-corrected chi connectivity index (χ3v) is 1.98. The number of carbonyl (C=O) groups excluding carboxylic acids is 1. The van der Waals surface area contributed by atoms with Gasteiger partial charge in [-0.2, -0.15) is 0 Å². The zero-order valence-corrected chi connectivity index (χ0v) is 9.25. The Labute approximate surface area is 93.4 Å². The van der Waals surface area contributed by atoms with E-state index in [4.69, 9.17) is 0 Å². The van der Waals surface area contributed by atoms with E-state index in [1.807, 2.05) is 0 Å². The van der Waals surface area contributed by atoms with E-state index in [0.717, 1.165) is 0 Å². The minimum absolute atomic E-state index is 0.103. The van der Waals surface area contributed by atoms with Gasteiger partial charge in [0.15, 0.2) is 6.79 Å². The number of aryl methyl sites for hydroxylation is 1. The third kappa shape index (κ3) is 3.86. The lowest BCUT2D eigenvalue weighted by atomic mass is 10.1. The number of amides is 1. The minimum atomic E-state index is -0.595. The molecular weight excluding hydrogens is 213 g/mol. The van der Waals surface area contributed by atoms with E-state index in [0.29, 0.717) is 11.1 Å². The van der Waals surface area contributed by atoms with Crippen molar-refractivity contribution in [2.24, 2.45) is 0 Å². The van der Waals surface area contributed by atoms with E-state index >= 15 is 0 Å². The van der Waals surface area contributed by atoms with Gasteiger partial charge in [0.05, 0.1) is 0 Å². The van der Waals surface area contributed by atoms with Crippen LogP contribution in [0.1, 0.15) is 11.1 Å². The van der Waals surface area contributed by atoms with Crippen LogP contribution in [0.25, 0.3) is 0 Å². The molecule has 0 saturated carbocycles. The van der Waals surface area contributed by atoms with Crippen LogP contribution in [0, 0.1) is 12.7 Å². The van der Waals surface area contributed by atoms with Gasteiger partial charge in [-0.1, -0.05) is 12.1 Å². The highest BCUT2D eigenvalue weighted by molar-refractivity contribution is 5.67. The number of ether oxygens (including phenoxy) is 2. The number of hydrogen-bond acceptors (Lipinski definition) is 3. The second-order valence-electron chi connectivity index (χ2n) is 3.28. The van der Waals surface area contributed by atoms with Crippen molar-refractivity contribution in [3.63, 3.8) is 0 Å². The Hall–Kier alpha value is -1.62. The van der Waals surface area contributed by atoms with E-state index in [1.54, 1.807) is 19.1 Å². The molecule has 0 aromatic heterocycles. The Morgan fingerprint density at radius 3 is 2.88 bits per heavy atom. The van der Waals surface area contributed by atoms with Crippen molar-refractivity contribution < 1.29 is 18.7 Å². The van der Waals surface area contributed by atoms with Crippen LogP contribution >= 0.6 is 0 Å². The SMILES string of the molecule is COCOC(=O)NCc1ccc(C)c(F)c1. The molecule has 0 aliphatic carbocycles. The standard InChI is InChI=1S/C11H14FNO3/c1-8-3-4-9(5-10(8)12)6-13-11(14)16-7-15-2/h3-5H,6-7H2,1-2H3,(H,13,14). The first-order chi connectivity index (χ1) is 7.63. The number of halogens is 1. The lowest BCUT2D eigenvalue weighted by Gasteiger charge is -2.06. The number of benzene rings is 1. The van der Waals surface area contributed by atoms with Gasteiger partial charge in [0.1, 0.15) is 5.82 Å². The quantitative estimate of drug-likeness (QED) is 0.800. The van der Waals surface area contributed by atoms with Crippen LogP contribution in [0.15, 0.2) is 18.2 Å². The maximum absolute atomic E-state index is 13.1. The molecule has 0 aliphatic heterocycles. The lowest BCUT2D eigenvalue weighted by molar-refractivity contribution is 0.0118. The van der Waals surface area contributed by atoms with Gasteiger partial charge in [-0.15, -0.1) is 0 Å². The van der Waals surface area contributed by atoms with Crippen molar-refractivity contribution in [2.75, 3.05) is 13.9 Å². The van der Waals surface area contributed by atoms with Gasteiger partial charge >= 0.3 is 6.09 Å². The van der Waals surface area contributed by atoms with E-state index in [1.165, 1.54) is 13.2 Å². The van der Waals surface area contributed by atoms with Crippen LogP contribution in [0.5, 0.6) is 0 Å². The molecule has 4 nitrogen and oxygen atoms in total. The molecule has 0 heterocycles. The number of methoxy groups -OCH3 is 1. The molecule has 1 amide bonds. The summed E-state index contributed by atoms with van der Waals surface area (Å²) in [6.45, 7) is 1.80. The summed E-state index contributed by atoms with van der Waals surface area (Å²) in [5, 5.41) is 2.47. The van der Waals surface area contributed by atoms with Crippen LogP contribution in [-0.2, 0) is 16.0 Å². The van der Waals surface area contributed by atoms with Gasteiger partial charge in [-0.25, -0.2) is 9.18 Å². The van der Waals surface area contributed by atoms with Crippen LogP contribution in [-0.4, -0.2) is 20.0 Å². The highest BCUT2D eigenvalue weighted by Gasteiger charge is 2.03. The number of carbonyl (C=O) groups is 1. The fourth-order valence-corrected chi connectivity index (χ4v) is 1.08. The number of hydrogen-bond donors (Lipinski definition) is 1. The molecule has 0 aliphatic rings. The zero-order valence-electron chi connectivity index (χ0n) is 9.25.